The summed E-state index contributed by atoms with van der Waals surface area (Å²) >= 11 is 4.17. The molecule has 1 unspecified atom stereocenters. The molecule has 1 aliphatic heterocycles. The van der Waals surface area contributed by atoms with Crippen molar-refractivity contribution in [3.05, 3.63) is 0 Å². The lowest BCUT2D eigenvalue weighted by molar-refractivity contribution is 0.222. The summed E-state index contributed by atoms with van der Waals surface area (Å²) in [4.78, 5) is 2.29. The highest BCUT2D eigenvalue weighted by molar-refractivity contribution is 7.91. The molecule has 15 heavy (non-hydrogen) atoms. The molecular formula is C10H21NO2S2. The second-order valence-corrected chi connectivity index (χ2v) is 6.96. The van der Waals surface area contributed by atoms with Gasteiger partial charge < -0.3 is 0 Å². The monoisotopic (exact) mass is 251 g/mol. The highest BCUT2D eigenvalue weighted by Crippen LogP contribution is 2.12. The number of thiol groups is 1. The van der Waals surface area contributed by atoms with Crippen LogP contribution in [0.15, 0.2) is 0 Å². The Bertz CT molecular complexity index is 277. The van der Waals surface area contributed by atoms with E-state index in [1.165, 1.54) is 6.42 Å². The van der Waals surface area contributed by atoms with E-state index in [-0.39, 0.29) is 6.04 Å². The molecule has 0 bridgehead atoms. The van der Waals surface area contributed by atoms with Crippen LogP contribution in [0.1, 0.15) is 26.2 Å². The lowest BCUT2D eigenvalue weighted by Crippen LogP contribution is -2.47. The van der Waals surface area contributed by atoms with Crippen molar-refractivity contribution >= 4 is 22.5 Å². The van der Waals surface area contributed by atoms with Crippen LogP contribution in [0.2, 0.25) is 0 Å². The summed E-state index contributed by atoms with van der Waals surface area (Å²) in [5, 5.41) is 0. The largest absolute Gasteiger partial charge is 0.299 e. The predicted octanol–water partition coefficient (Wildman–Crippen LogP) is 1.21. The van der Waals surface area contributed by atoms with Gasteiger partial charge in [0.05, 0.1) is 11.5 Å². The summed E-state index contributed by atoms with van der Waals surface area (Å²) < 4.78 is 22.7. The van der Waals surface area contributed by atoms with Crippen LogP contribution in [-0.2, 0) is 9.84 Å². The van der Waals surface area contributed by atoms with Gasteiger partial charge in [0, 0.05) is 12.6 Å². The molecule has 0 spiro atoms. The van der Waals surface area contributed by atoms with Crippen molar-refractivity contribution in [2.75, 3.05) is 30.3 Å². The van der Waals surface area contributed by atoms with E-state index >= 15 is 0 Å². The SMILES string of the molecule is CC1CS(=O)(=O)CCN1CCCCCS. The first kappa shape index (κ1) is 13.3. The summed E-state index contributed by atoms with van der Waals surface area (Å²) in [6, 6.07) is 0.194. The molecule has 0 N–H and O–H groups in total. The molecule has 0 saturated carbocycles. The zero-order valence-electron chi connectivity index (χ0n) is 9.35. The minimum atomic E-state index is -2.75. The fourth-order valence-corrected chi connectivity index (χ4v) is 3.82. The Kier molecular flexibility index (Phi) is 5.43. The zero-order valence-corrected chi connectivity index (χ0v) is 11.1. The third-order valence-electron chi connectivity index (χ3n) is 2.91. The normalized spacial score (nSPS) is 26.7. The number of rotatable bonds is 5. The van der Waals surface area contributed by atoms with Gasteiger partial charge in [-0.05, 0) is 32.1 Å². The van der Waals surface area contributed by atoms with Crippen LogP contribution in [0.4, 0.5) is 0 Å². The summed E-state index contributed by atoms with van der Waals surface area (Å²) in [6.07, 6.45) is 3.51. The molecular weight excluding hydrogens is 230 g/mol. The van der Waals surface area contributed by atoms with Crippen molar-refractivity contribution in [1.82, 2.24) is 4.90 Å². The number of nitrogens with zero attached hydrogens (tertiary/aromatic N) is 1. The second kappa shape index (κ2) is 6.11. The van der Waals surface area contributed by atoms with Crippen LogP contribution in [0.3, 0.4) is 0 Å². The van der Waals surface area contributed by atoms with E-state index in [0.717, 1.165) is 25.1 Å². The minimum Gasteiger partial charge on any atom is -0.299 e. The highest BCUT2D eigenvalue weighted by atomic mass is 32.2. The first-order valence-corrected chi connectivity index (χ1v) is 8.06. The molecule has 0 aliphatic carbocycles. The van der Waals surface area contributed by atoms with E-state index in [9.17, 15) is 8.42 Å². The quantitative estimate of drug-likeness (QED) is 0.589. The molecule has 5 heteroatoms. The van der Waals surface area contributed by atoms with E-state index in [2.05, 4.69) is 17.5 Å². The first-order valence-electron chi connectivity index (χ1n) is 5.60. The van der Waals surface area contributed by atoms with Crippen molar-refractivity contribution in [1.29, 1.82) is 0 Å². The molecule has 1 fully saturated rings. The van der Waals surface area contributed by atoms with Crippen LogP contribution in [0, 0.1) is 0 Å². The van der Waals surface area contributed by atoms with Crippen LogP contribution in [0.25, 0.3) is 0 Å². The van der Waals surface area contributed by atoms with Crippen molar-refractivity contribution < 1.29 is 8.42 Å². The molecule has 1 rings (SSSR count). The molecule has 3 nitrogen and oxygen atoms in total. The van der Waals surface area contributed by atoms with Gasteiger partial charge in [0.2, 0.25) is 0 Å². The van der Waals surface area contributed by atoms with Crippen LogP contribution >= 0.6 is 12.6 Å². The van der Waals surface area contributed by atoms with E-state index in [1.807, 2.05) is 6.92 Å². The molecule has 1 atom stereocenters. The Morgan fingerprint density at radius 2 is 2.07 bits per heavy atom. The van der Waals surface area contributed by atoms with Gasteiger partial charge in [-0.25, -0.2) is 8.42 Å². The maximum atomic E-state index is 11.3. The standard InChI is InChI=1S/C10H21NO2S2/c1-10-9-15(12,13)8-6-11(10)5-3-2-4-7-14/h10,14H,2-9H2,1H3. The summed E-state index contributed by atoms with van der Waals surface area (Å²) in [5.41, 5.74) is 0. The van der Waals surface area contributed by atoms with Gasteiger partial charge in [-0.15, -0.1) is 0 Å². The highest BCUT2D eigenvalue weighted by Gasteiger charge is 2.27. The molecule has 0 radical (unpaired) electrons. The van der Waals surface area contributed by atoms with Gasteiger partial charge in [0.25, 0.3) is 0 Å². The second-order valence-electron chi connectivity index (χ2n) is 4.28. The maximum Gasteiger partial charge on any atom is 0.153 e. The lowest BCUT2D eigenvalue weighted by atomic mass is 10.2. The van der Waals surface area contributed by atoms with E-state index in [0.29, 0.717) is 18.1 Å². The molecule has 0 aromatic rings. The number of hydrogen-bond donors (Lipinski definition) is 1. The summed E-state index contributed by atoms with van der Waals surface area (Å²) in [5.74, 6) is 1.62. The van der Waals surface area contributed by atoms with Crippen LogP contribution in [-0.4, -0.2) is 49.7 Å². The fraction of sp³-hybridized carbons (Fsp3) is 1.00. The Balaban J connectivity index is 2.26. The molecule has 1 aliphatic rings. The number of sulfone groups is 1. The van der Waals surface area contributed by atoms with Crippen molar-refractivity contribution in [3.63, 3.8) is 0 Å². The van der Waals surface area contributed by atoms with E-state index < -0.39 is 9.84 Å². The van der Waals surface area contributed by atoms with Gasteiger partial charge in [-0.1, -0.05) is 6.42 Å². The van der Waals surface area contributed by atoms with Crippen molar-refractivity contribution in [3.8, 4) is 0 Å². The Hall–Kier alpha value is 0.260. The zero-order chi connectivity index (χ0) is 11.3. The Morgan fingerprint density at radius 3 is 2.67 bits per heavy atom. The molecule has 0 aromatic carbocycles. The third kappa shape index (κ3) is 4.74. The van der Waals surface area contributed by atoms with E-state index in [1.54, 1.807) is 0 Å². The summed E-state index contributed by atoms with van der Waals surface area (Å²) in [6.45, 7) is 3.75. The van der Waals surface area contributed by atoms with Gasteiger partial charge in [-0.3, -0.25) is 4.90 Å². The van der Waals surface area contributed by atoms with Gasteiger partial charge in [-0.2, -0.15) is 12.6 Å². The predicted molar refractivity (Wildman–Crippen MR) is 67.4 cm³/mol. The molecule has 1 heterocycles. The average Bonchev–Trinajstić information content (AvgIpc) is 2.14. The van der Waals surface area contributed by atoms with Gasteiger partial charge in [0.15, 0.2) is 9.84 Å². The van der Waals surface area contributed by atoms with Crippen LogP contribution < -0.4 is 0 Å². The maximum absolute atomic E-state index is 11.3. The minimum absolute atomic E-state index is 0.194. The number of unbranched alkanes of at least 4 members (excludes halogenated alkanes) is 2. The number of hydrogen-bond acceptors (Lipinski definition) is 4. The average molecular weight is 251 g/mol. The lowest BCUT2D eigenvalue weighted by Gasteiger charge is -2.33. The van der Waals surface area contributed by atoms with E-state index in [4.69, 9.17) is 0 Å². The Labute approximate surface area is 98.6 Å². The molecule has 0 amide bonds. The molecule has 90 valence electrons. The van der Waals surface area contributed by atoms with Crippen molar-refractivity contribution in [2.45, 2.75) is 32.2 Å². The van der Waals surface area contributed by atoms with Crippen molar-refractivity contribution in [2.24, 2.45) is 0 Å². The fourth-order valence-electron chi connectivity index (χ4n) is 1.97. The third-order valence-corrected chi connectivity index (χ3v) is 5.02. The van der Waals surface area contributed by atoms with Gasteiger partial charge >= 0.3 is 0 Å². The molecule has 0 aromatic heterocycles. The Morgan fingerprint density at radius 1 is 1.33 bits per heavy atom. The summed E-state index contributed by atoms with van der Waals surface area (Å²) in [7, 11) is -2.75. The smallest absolute Gasteiger partial charge is 0.153 e. The first-order chi connectivity index (χ1) is 7.05. The van der Waals surface area contributed by atoms with Gasteiger partial charge in [0.1, 0.15) is 0 Å². The molecule has 1 saturated heterocycles. The van der Waals surface area contributed by atoms with Crippen LogP contribution in [0.5, 0.6) is 0 Å². The topological polar surface area (TPSA) is 37.4 Å².